The lowest BCUT2D eigenvalue weighted by molar-refractivity contribution is 0.0848. The van der Waals surface area contributed by atoms with E-state index in [4.69, 9.17) is 0 Å². The molecule has 0 saturated heterocycles. The standard InChI is InChI=1S/C21H27N3O4S2/c1-3-22-30(27,28)16-11-10-14(2)17(13-16)20(25)23-24-21(26)19-12-15-8-6-4-5-7-9-18(15)29-19/h10-13,22H,3-9H2,1-2H3,(H,23,25)(H,24,26). The summed E-state index contributed by atoms with van der Waals surface area (Å²) in [6.07, 6.45) is 6.68. The predicted molar refractivity (Wildman–Crippen MR) is 117 cm³/mol. The number of benzene rings is 1. The number of carbonyl (C=O) groups excluding carboxylic acids is 2. The minimum Gasteiger partial charge on any atom is -0.267 e. The number of fused-ring (bicyclic) bond motifs is 1. The quantitative estimate of drug-likeness (QED) is 0.610. The molecule has 0 bridgehead atoms. The van der Waals surface area contributed by atoms with Crippen molar-refractivity contribution in [1.82, 2.24) is 15.6 Å². The molecular weight excluding hydrogens is 422 g/mol. The SMILES string of the molecule is CCNS(=O)(=O)c1ccc(C)c(C(=O)NNC(=O)c2cc3c(s2)CCCCCC3)c1. The first-order valence-electron chi connectivity index (χ1n) is 10.1. The third-order valence-electron chi connectivity index (χ3n) is 5.11. The summed E-state index contributed by atoms with van der Waals surface area (Å²) >= 11 is 1.48. The number of aryl methyl sites for hydroxylation is 3. The van der Waals surface area contributed by atoms with Gasteiger partial charge >= 0.3 is 0 Å². The van der Waals surface area contributed by atoms with Crippen molar-refractivity contribution in [3.8, 4) is 0 Å². The largest absolute Gasteiger partial charge is 0.279 e. The molecule has 1 aromatic carbocycles. The zero-order chi connectivity index (χ0) is 21.7. The highest BCUT2D eigenvalue weighted by Gasteiger charge is 2.19. The topological polar surface area (TPSA) is 104 Å². The Kier molecular flexibility index (Phi) is 7.27. The zero-order valence-corrected chi connectivity index (χ0v) is 18.8. The maximum absolute atomic E-state index is 12.6. The molecule has 30 heavy (non-hydrogen) atoms. The summed E-state index contributed by atoms with van der Waals surface area (Å²) in [5.41, 5.74) is 6.89. The van der Waals surface area contributed by atoms with Gasteiger partial charge in [-0.25, -0.2) is 13.1 Å². The molecule has 3 N–H and O–H groups in total. The fourth-order valence-electron chi connectivity index (χ4n) is 3.48. The van der Waals surface area contributed by atoms with Crippen molar-refractivity contribution < 1.29 is 18.0 Å². The van der Waals surface area contributed by atoms with Gasteiger partial charge in [0.1, 0.15) is 0 Å². The van der Waals surface area contributed by atoms with Gasteiger partial charge < -0.3 is 0 Å². The lowest BCUT2D eigenvalue weighted by Gasteiger charge is -2.11. The summed E-state index contributed by atoms with van der Waals surface area (Å²) in [5, 5.41) is 0. The van der Waals surface area contributed by atoms with Gasteiger partial charge in [-0.2, -0.15) is 0 Å². The molecule has 0 spiro atoms. The Morgan fingerprint density at radius 2 is 1.70 bits per heavy atom. The van der Waals surface area contributed by atoms with E-state index in [0.717, 1.165) is 25.7 Å². The summed E-state index contributed by atoms with van der Waals surface area (Å²) in [7, 11) is -3.68. The van der Waals surface area contributed by atoms with Crippen LogP contribution in [0.4, 0.5) is 0 Å². The number of carbonyl (C=O) groups is 2. The normalized spacial score (nSPS) is 14.3. The second-order valence-corrected chi connectivity index (χ2v) is 10.3. The molecule has 2 amide bonds. The van der Waals surface area contributed by atoms with Crippen LogP contribution in [0.3, 0.4) is 0 Å². The number of sulfonamides is 1. The molecule has 0 fully saturated rings. The van der Waals surface area contributed by atoms with Crippen LogP contribution in [0.15, 0.2) is 29.2 Å². The van der Waals surface area contributed by atoms with E-state index in [-0.39, 0.29) is 22.9 Å². The molecule has 7 nitrogen and oxygen atoms in total. The number of hydrogen-bond donors (Lipinski definition) is 3. The Bertz CT molecular complexity index is 1020. The smallest absolute Gasteiger partial charge is 0.267 e. The Labute approximate surface area is 181 Å². The maximum Gasteiger partial charge on any atom is 0.279 e. The number of thiophene rings is 1. The van der Waals surface area contributed by atoms with Crippen LogP contribution >= 0.6 is 11.3 Å². The van der Waals surface area contributed by atoms with Gasteiger partial charge in [-0.05, 0) is 61.9 Å². The van der Waals surface area contributed by atoms with E-state index in [0.29, 0.717) is 10.4 Å². The van der Waals surface area contributed by atoms with Gasteiger partial charge in [0.25, 0.3) is 11.8 Å². The fourth-order valence-corrected chi connectivity index (χ4v) is 5.70. The summed E-state index contributed by atoms with van der Waals surface area (Å²) < 4.78 is 26.8. The maximum atomic E-state index is 12.6. The minimum atomic E-state index is -3.68. The van der Waals surface area contributed by atoms with Gasteiger partial charge in [0.15, 0.2) is 0 Å². The Morgan fingerprint density at radius 3 is 2.43 bits per heavy atom. The minimum absolute atomic E-state index is 0.00416. The third kappa shape index (κ3) is 5.27. The molecule has 0 saturated carbocycles. The highest BCUT2D eigenvalue weighted by Crippen LogP contribution is 2.28. The zero-order valence-electron chi connectivity index (χ0n) is 17.2. The molecule has 3 rings (SSSR count). The number of rotatable bonds is 5. The molecular formula is C21H27N3O4S2. The highest BCUT2D eigenvalue weighted by atomic mass is 32.2. The molecule has 0 atom stereocenters. The molecule has 162 valence electrons. The van der Waals surface area contributed by atoms with Crippen LogP contribution in [0.25, 0.3) is 0 Å². The van der Waals surface area contributed by atoms with Crippen molar-refractivity contribution in [2.45, 2.75) is 57.3 Å². The van der Waals surface area contributed by atoms with Crippen molar-refractivity contribution in [1.29, 1.82) is 0 Å². The lowest BCUT2D eigenvalue weighted by Crippen LogP contribution is -2.41. The van der Waals surface area contributed by atoms with Crippen molar-refractivity contribution in [3.05, 3.63) is 50.7 Å². The monoisotopic (exact) mass is 449 g/mol. The van der Waals surface area contributed by atoms with E-state index in [1.54, 1.807) is 19.9 Å². The van der Waals surface area contributed by atoms with Crippen molar-refractivity contribution >= 4 is 33.2 Å². The Hall–Kier alpha value is -2.23. The molecule has 1 aromatic heterocycles. The second kappa shape index (κ2) is 9.72. The molecule has 1 aliphatic carbocycles. The van der Waals surface area contributed by atoms with E-state index in [2.05, 4.69) is 15.6 Å². The number of hydrogen-bond acceptors (Lipinski definition) is 5. The third-order valence-corrected chi connectivity index (χ3v) is 7.89. The number of hydrazine groups is 1. The van der Waals surface area contributed by atoms with E-state index >= 15 is 0 Å². The first kappa shape index (κ1) is 22.5. The predicted octanol–water partition coefficient (Wildman–Crippen LogP) is 3.09. The number of amides is 2. The van der Waals surface area contributed by atoms with E-state index in [9.17, 15) is 18.0 Å². The van der Waals surface area contributed by atoms with Gasteiger partial charge in [0.05, 0.1) is 9.77 Å². The summed E-state index contributed by atoms with van der Waals surface area (Å²) in [4.78, 5) is 27.0. The van der Waals surface area contributed by atoms with E-state index < -0.39 is 15.9 Å². The van der Waals surface area contributed by atoms with Crippen LogP contribution in [-0.2, 0) is 22.9 Å². The average Bonchev–Trinajstić information content (AvgIpc) is 3.08. The van der Waals surface area contributed by atoms with E-state index in [1.165, 1.54) is 46.8 Å². The first-order valence-corrected chi connectivity index (χ1v) is 12.4. The van der Waals surface area contributed by atoms with Crippen LogP contribution in [0, 0.1) is 6.92 Å². The molecule has 9 heteroatoms. The van der Waals surface area contributed by atoms with Gasteiger partial charge in [0.2, 0.25) is 10.0 Å². The second-order valence-electron chi connectivity index (χ2n) is 7.36. The average molecular weight is 450 g/mol. The van der Waals surface area contributed by atoms with Crippen molar-refractivity contribution in [3.63, 3.8) is 0 Å². The van der Waals surface area contributed by atoms with Gasteiger partial charge in [0, 0.05) is 17.0 Å². The lowest BCUT2D eigenvalue weighted by atomic mass is 10.00. The summed E-state index contributed by atoms with van der Waals surface area (Å²) in [6.45, 7) is 3.64. The van der Waals surface area contributed by atoms with Crippen LogP contribution in [0.2, 0.25) is 0 Å². The molecule has 1 aliphatic rings. The Morgan fingerprint density at radius 1 is 1.00 bits per heavy atom. The van der Waals surface area contributed by atoms with Gasteiger partial charge in [-0.3, -0.25) is 20.4 Å². The first-order chi connectivity index (χ1) is 14.3. The Balaban J connectivity index is 1.70. The van der Waals surface area contributed by atoms with Crippen LogP contribution in [0.1, 0.15) is 68.6 Å². The van der Waals surface area contributed by atoms with Crippen molar-refractivity contribution in [2.24, 2.45) is 0 Å². The molecule has 1 heterocycles. The van der Waals surface area contributed by atoms with Crippen LogP contribution in [-0.4, -0.2) is 26.8 Å². The van der Waals surface area contributed by atoms with Crippen LogP contribution < -0.4 is 15.6 Å². The van der Waals surface area contributed by atoms with Crippen molar-refractivity contribution in [2.75, 3.05) is 6.54 Å². The number of nitrogens with one attached hydrogen (secondary N) is 3. The molecule has 0 aliphatic heterocycles. The summed E-state index contributed by atoms with van der Waals surface area (Å²) in [6, 6.07) is 6.25. The fraction of sp³-hybridized carbons (Fsp3) is 0.429. The molecule has 0 unspecified atom stereocenters. The van der Waals surface area contributed by atoms with Gasteiger partial charge in [-0.1, -0.05) is 25.8 Å². The summed E-state index contributed by atoms with van der Waals surface area (Å²) in [5.74, 6) is -0.932. The van der Waals surface area contributed by atoms with E-state index in [1.807, 2.05) is 6.07 Å². The molecule has 2 aromatic rings. The highest BCUT2D eigenvalue weighted by molar-refractivity contribution is 7.89. The van der Waals surface area contributed by atoms with Crippen LogP contribution in [0.5, 0.6) is 0 Å². The molecule has 0 radical (unpaired) electrons. The van der Waals surface area contributed by atoms with Gasteiger partial charge in [-0.15, -0.1) is 11.3 Å².